The molecule has 0 bridgehead atoms. The highest BCUT2D eigenvalue weighted by atomic mass is 16.2. The summed E-state index contributed by atoms with van der Waals surface area (Å²) < 4.78 is 1.96. The van der Waals surface area contributed by atoms with Crippen LogP contribution in [0.4, 0.5) is 5.69 Å². The average molecular weight is 380 g/mol. The van der Waals surface area contributed by atoms with Crippen molar-refractivity contribution in [3.8, 4) is 0 Å². The first kappa shape index (κ1) is 18.7. The van der Waals surface area contributed by atoms with Crippen molar-refractivity contribution in [2.24, 2.45) is 0 Å². The van der Waals surface area contributed by atoms with Gasteiger partial charge < -0.3 is 14.8 Å². The fourth-order valence-electron chi connectivity index (χ4n) is 4.42. The number of likely N-dealkylation sites (tertiary alicyclic amines) is 1. The van der Waals surface area contributed by atoms with Gasteiger partial charge in [0.2, 0.25) is 0 Å². The predicted molar refractivity (Wildman–Crippen MR) is 109 cm³/mol. The molecule has 0 spiro atoms. The van der Waals surface area contributed by atoms with E-state index in [2.05, 4.69) is 17.2 Å². The number of nitrogens with zero attached hydrogens (tertiary/aromatic N) is 3. The van der Waals surface area contributed by atoms with Gasteiger partial charge in [-0.3, -0.25) is 9.59 Å². The molecule has 1 unspecified atom stereocenters. The summed E-state index contributed by atoms with van der Waals surface area (Å²) >= 11 is 0. The number of benzene rings is 1. The van der Waals surface area contributed by atoms with Gasteiger partial charge in [-0.2, -0.15) is 0 Å². The number of rotatable bonds is 4. The molecule has 6 heteroatoms. The molecular formula is C22H28N4O2. The molecule has 2 aliphatic rings. The lowest BCUT2D eigenvalue weighted by molar-refractivity contribution is 0.0600. The molecule has 2 amide bonds. The second-order valence-corrected chi connectivity index (χ2v) is 7.72. The number of hydrogen-bond acceptors (Lipinski definition) is 3. The highest BCUT2D eigenvalue weighted by Crippen LogP contribution is 2.26. The highest BCUT2D eigenvalue weighted by Gasteiger charge is 2.33. The highest BCUT2D eigenvalue weighted by molar-refractivity contribution is 6.03. The summed E-state index contributed by atoms with van der Waals surface area (Å²) in [6.45, 7) is 3.66. The lowest BCUT2D eigenvalue weighted by Gasteiger charge is -2.35. The molecule has 1 aromatic heterocycles. The van der Waals surface area contributed by atoms with Crippen LogP contribution in [0.5, 0.6) is 0 Å². The molecule has 2 aromatic rings. The molecule has 1 atom stereocenters. The third-order valence-electron chi connectivity index (χ3n) is 5.91. The van der Waals surface area contributed by atoms with Crippen molar-refractivity contribution in [3.05, 3.63) is 47.5 Å². The van der Waals surface area contributed by atoms with Gasteiger partial charge in [0.1, 0.15) is 5.69 Å². The van der Waals surface area contributed by atoms with E-state index < -0.39 is 0 Å². The van der Waals surface area contributed by atoms with E-state index in [1.807, 2.05) is 39.8 Å². The summed E-state index contributed by atoms with van der Waals surface area (Å²) in [5.74, 6) is 0.0991. The van der Waals surface area contributed by atoms with Crippen molar-refractivity contribution in [3.63, 3.8) is 0 Å². The van der Waals surface area contributed by atoms with Crippen LogP contribution in [-0.2, 0) is 13.0 Å². The Kier molecular flexibility index (Phi) is 5.46. The monoisotopic (exact) mass is 380 g/mol. The number of anilines is 1. The van der Waals surface area contributed by atoms with Gasteiger partial charge in [0.05, 0.1) is 5.69 Å². The van der Waals surface area contributed by atoms with E-state index >= 15 is 0 Å². The molecule has 1 aromatic carbocycles. The van der Waals surface area contributed by atoms with Gasteiger partial charge in [0, 0.05) is 24.8 Å². The average Bonchev–Trinajstić information content (AvgIpc) is 3.14. The van der Waals surface area contributed by atoms with Crippen molar-refractivity contribution in [2.75, 3.05) is 11.9 Å². The smallest absolute Gasteiger partial charge is 0.291 e. The molecule has 148 valence electrons. The van der Waals surface area contributed by atoms with Crippen LogP contribution >= 0.6 is 0 Å². The molecule has 3 heterocycles. The van der Waals surface area contributed by atoms with Crippen LogP contribution in [0.2, 0.25) is 0 Å². The van der Waals surface area contributed by atoms with Gasteiger partial charge in [-0.15, -0.1) is 0 Å². The van der Waals surface area contributed by atoms with Crippen molar-refractivity contribution in [2.45, 2.75) is 64.5 Å². The molecule has 0 radical (unpaired) electrons. The first-order chi connectivity index (χ1) is 13.7. The first-order valence-electron chi connectivity index (χ1n) is 10.5. The topological polar surface area (TPSA) is 67.2 Å². The number of amides is 2. The number of para-hydroxylation sites is 1. The summed E-state index contributed by atoms with van der Waals surface area (Å²) in [5.41, 5.74) is 2.14. The molecule has 2 aliphatic heterocycles. The number of imidazole rings is 1. The van der Waals surface area contributed by atoms with E-state index in [-0.39, 0.29) is 17.9 Å². The Bertz CT molecular complexity index is 859. The largest absolute Gasteiger partial charge is 0.334 e. The Morgan fingerprint density at radius 1 is 1.11 bits per heavy atom. The molecule has 4 rings (SSSR count). The van der Waals surface area contributed by atoms with E-state index in [0.717, 1.165) is 63.0 Å². The molecule has 1 N–H and O–H groups in total. The fourth-order valence-corrected chi connectivity index (χ4v) is 4.42. The summed E-state index contributed by atoms with van der Waals surface area (Å²) in [7, 11) is 0. The van der Waals surface area contributed by atoms with Crippen LogP contribution < -0.4 is 5.32 Å². The van der Waals surface area contributed by atoms with Gasteiger partial charge >= 0.3 is 0 Å². The summed E-state index contributed by atoms with van der Waals surface area (Å²) in [5, 5.41) is 2.91. The maximum atomic E-state index is 13.4. The summed E-state index contributed by atoms with van der Waals surface area (Å²) in [4.78, 5) is 32.8. The zero-order valence-electron chi connectivity index (χ0n) is 16.5. The molecule has 1 saturated heterocycles. The first-order valence-corrected chi connectivity index (χ1v) is 10.5. The Morgan fingerprint density at radius 3 is 2.68 bits per heavy atom. The van der Waals surface area contributed by atoms with Crippen molar-refractivity contribution in [1.29, 1.82) is 0 Å². The summed E-state index contributed by atoms with van der Waals surface area (Å²) in [6.07, 6.45) is 7.07. The number of nitrogens with one attached hydrogen (secondary N) is 1. The van der Waals surface area contributed by atoms with Crippen LogP contribution in [0.1, 0.15) is 72.3 Å². The number of hydrogen-bond donors (Lipinski definition) is 1. The van der Waals surface area contributed by atoms with Crippen LogP contribution in [-0.4, -0.2) is 38.9 Å². The molecule has 1 fully saturated rings. The lowest BCUT2D eigenvalue weighted by atomic mass is 9.99. The summed E-state index contributed by atoms with van der Waals surface area (Å²) in [6, 6.07) is 9.66. The van der Waals surface area contributed by atoms with E-state index in [4.69, 9.17) is 0 Å². The van der Waals surface area contributed by atoms with Crippen LogP contribution in [0.25, 0.3) is 0 Å². The number of carbonyl (C=O) groups excluding carboxylic acids is 2. The van der Waals surface area contributed by atoms with Crippen molar-refractivity contribution >= 4 is 17.5 Å². The predicted octanol–water partition coefficient (Wildman–Crippen LogP) is 3.88. The molecule has 28 heavy (non-hydrogen) atoms. The Balaban J connectivity index is 1.65. The van der Waals surface area contributed by atoms with E-state index in [1.54, 1.807) is 0 Å². The van der Waals surface area contributed by atoms with Crippen LogP contribution in [0, 0.1) is 0 Å². The van der Waals surface area contributed by atoms with Crippen LogP contribution in [0.15, 0.2) is 30.3 Å². The quantitative estimate of drug-likeness (QED) is 0.875. The third kappa shape index (κ3) is 3.55. The van der Waals surface area contributed by atoms with Gasteiger partial charge in [-0.25, -0.2) is 4.98 Å². The maximum Gasteiger partial charge on any atom is 0.291 e. The minimum Gasteiger partial charge on any atom is -0.334 e. The third-order valence-corrected chi connectivity index (χ3v) is 5.91. The molecular weight excluding hydrogens is 352 g/mol. The van der Waals surface area contributed by atoms with Gasteiger partial charge in [0.15, 0.2) is 5.82 Å². The van der Waals surface area contributed by atoms with Crippen molar-refractivity contribution < 1.29 is 9.59 Å². The van der Waals surface area contributed by atoms with Gasteiger partial charge in [-0.1, -0.05) is 25.1 Å². The number of aromatic nitrogens is 2. The Labute approximate surface area is 165 Å². The Morgan fingerprint density at radius 2 is 1.89 bits per heavy atom. The van der Waals surface area contributed by atoms with Crippen molar-refractivity contribution in [1.82, 2.24) is 14.5 Å². The van der Waals surface area contributed by atoms with Gasteiger partial charge in [0.25, 0.3) is 11.8 Å². The van der Waals surface area contributed by atoms with E-state index in [0.29, 0.717) is 11.5 Å². The lowest BCUT2D eigenvalue weighted by Crippen LogP contribution is -2.44. The van der Waals surface area contributed by atoms with Crippen LogP contribution in [0.3, 0.4) is 0 Å². The normalized spacial score (nSPS) is 19.2. The van der Waals surface area contributed by atoms with E-state index in [9.17, 15) is 9.59 Å². The zero-order chi connectivity index (χ0) is 19.5. The minimum absolute atomic E-state index is 0.00374. The number of carbonyl (C=O) groups is 2. The molecule has 0 aliphatic carbocycles. The number of fused-ring (bicyclic) bond motifs is 1. The molecule has 0 saturated carbocycles. The SMILES string of the molecule is CCC1CCCCN1C(=O)c1nc(C(=O)Nc2ccccc2)n2c1CCCC2. The zero-order valence-corrected chi connectivity index (χ0v) is 16.5. The second kappa shape index (κ2) is 8.17. The minimum atomic E-state index is -0.251. The fraction of sp³-hybridized carbons (Fsp3) is 0.500. The second-order valence-electron chi connectivity index (χ2n) is 7.72. The Hall–Kier alpha value is -2.63. The van der Waals surface area contributed by atoms with Gasteiger partial charge in [-0.05, 0) is 57.1 Å². The standard InChI is InChI=1S/C22H28N4O2/c1-2-17-12-6-8-14-25(17)22(28)19-18-13-7-9-15-26(18)20(24-19)21(27)23-16-10-4-3-5-11-16/h3-5,10-11,17H,2,6-9,12-15H2,1H3,(H,23,27). The van der Waals surface area contributed by atoms with E-state index in [1.165, 1.54) is 6.42 Å². The molecule has 6 nitrogen and oxygen atoms in total. The number of piperidine rings is 1. The maximum absolute atomic E-state index is 13.4.